The molecule has 1 aromatic carbocycles. The Morgan fingerprint density at radius 1 is 1.16 bits per heavy atom. The average molecular weight is 276 g/mol. The Hall–Kier alpha value is -1.94. The maximum Gasteiger partial charge on any atom is 0.147 e. The van der Waals surface area contributed by atoms with Gasteiger partial charge in [-0.15, -0.1) is 0 Å². The second-order valence-corrected chi connectivity index (χ2v) is 4.90. The largest absolute Gasteiger partial charge is 0.494 e. The highest BCUT2D eigenvalue weighted by molar-refractivity contribution is 6.31. The summed E-state index contributed by atoms with van der Waals surface area (Å²) in [7, 11) is 1.60. The van der Waals surface area contributed by atoms with Gasteiger partial charge in [-0.2, -0.15) is 0 Å². The van der Waals surface area contributed by atoms with Crippen LogP contribution in [0.5, 0.6) is 0 Å². The number of ether oxygens (including phenoxy) is 1. The first-order chi connectivity index (χ1) is 9.20. The van der Waals surface area contributed by atoms with E-state index in [4.69, 9.17) is 21.7 Å². The van der Waals surface area contributed by atoms with Crippen LogP contribution in [0.2, 0.25) is 0 Å². The molecule has 0 saturated heterocycles. The van der Waals surface area contributed by atoms with Crippen molar-refractivity contribution in [3.8, 4) is 0 Å². The third-order valence-electron chi connectivity index (χ3n) is 3.23. The van der Waals surface area contributed by atoms with Crippen molar-refractivity contribution in [3.05, 3.63) is 52.9 Å². The summed E-state index contributed by atoms with van der Waals surface area (Å²) in [4.78, 5) is 0. The zero-order valence-corrected chi connectivity index (χ0v) is 11.3. The van der Waals surface area contributed by atoms with E-state index in [2.05, 4.69) is 5.01 Å². The topological polar surface area (TPSA) is 39.6 Å². The molecule has 0 unspecified atom stereocenters. The number of fused-ring (bicyclic) bond motifs is 1. The number of para-hydroxylation sites is 1. The molecule has 98 valence electrons. The van der Waals surface area contributed by atoms with Gasteiger partial charge in [-0.1, -0.05) is 29.8 Å². The van der Waals surface area contributed by atoms with Crippen molar-refractivity contribution in [1.29, 1.82) is 5.41 Å². The fourth-order valence-corrected chi connectivity index (χ4v) is 2.70. The second kappa shape index (κ2) is 4.63. The van der Waals surface area contributed by atoms with E-state index >= 15 is 0 Å². The molecule has 0 fully saturated rings. The van der Waals surface area contributed by atoms with Crippen molar-refractivity contribution in [3.63, 3.8) is 0 Å². The van der Waals surface area contributed by atoms with Gasteiger partial charge in [0.15, 0.2) is 0 Å². The minimum atomic E-state index is 0.507. The van der Waals surface area contributed by atoms with E-state index < -0.39 is 0 Å². The predicted molar refractivity (Wildman–Crippen MR) is 76.2 cm³/mol. The summed E-state index contributed by atoms with van der Waals surface area (Å²) in [5, 5.41) is 12.7. The number of anilines is 1. The van der Waals surface area contributed by atoms with E-state index in [0.717, 1.165) is 16.4 Å². The number of benzene rings is 1. The lowest BCUT2D eigenvalue weighted by Gasteiger charge is -2.35. The van der Waals surface area contributed by atoms with Crippen molar-refractivity contribution in [2.75, 3.05) is 25.2 Å². The zero-order chi connectivity index (χ0) is 13.4. The van der Waals surface area contributed by atoms with E-state index in [9.17, 15) is 0 Å². The van der Waals surface area contributed by atoms with Crippen LogP contribution in [0.1, 0.15) is 0 Å². The fourth-order valence-electron chi connectivity index (χ4n) is 2.40. The molecule has 0 radical (unpaired) electrons. The molecule has 2 heterocycles. The van der Waals surface area contributed by atoms with Crippen LogP contribution in [0.15, 0.2) is 52.9 Å². The molecule has 0 bridgehead atoms. The fraction of sp³-hybridized carbons (Fsp3) is 0.214. The molecule has 0 aromatic heterocycles. The Bertz CT molecular complexity index is 580. The van der Waals surface area contributed by atoms with Gasteiger partial charge in [0.2, 0.25) is 0 Å². The Morgan fingerprint density at radius 2 is 1.89 bits per heavy atom. The van der Waals surface area contributed by atoms with Crippen LogP contribution >= 0.6 is 11.6 Å². The SMILES string of the molecule is COC1=CC(=N)CN2C1=C(Cl)CN2c1ccccc1. The number of nitrogens with one attached hydrogen (secondary N) is 1. The van der Waals surface area contributed by atoms with Gasteiger partial charge in [0.1, 0.15) is 11.5 Å². The summed E-state index contributed by atoms with van der Waals surface area (Å²) in [5.41, 5.74) is 2.43. The van der Waals surface area contributed by atoms with Crippen molar-refractivity contribution in [2.24, 2.45) is 0 Å². The normalized spacial score (nSPS) is 18.6. The van der Waals surface area contributed by atoms with E-state index in [1.165, 1.54) is 0 Å². The molecular weight excluding hydrogens is 262 g/mol. The Balaban J connectivity index is 2.00. The molecule has 4 nitrogen and oxygen atoms in total. The first-order valence-electron chi connectivity index (χ1n) is 6.03. The summed E-state index contributed by atoms with van der Waals surface area (Å²) in [6, 6.07) is 10.0. The smallest absolute Gasteiger partial charge is 0.147 e. The highest BCUT2D eigenvalue weighted by Crippen LogP contribution is 2.36. The van der Waals surface area contributed by atoms with Gasteiger partial charge in [-0.3, -0.25) is 10.0 Å². The van der Waals surface area contributed by atoms with Crippen LogP contribution in [-0.4, -0.2) is 30.9 Å². The van der Waals surface area contributed by atoms with Gasteiger partial charge in [0.25, 0.3) is 0 Å². The van der Waals surface area contributed by atoms with Crippen LogP contribution in [0.3, 0.4) is 0 Å². The minimum absolute atomic E-state index is 0.507. The molecule has 1 aromatic rings. The zero-order valence-electron chi connectivity index (χ0n) is 10.6. The first-order valence-corrected chi connectivity index (χ1v) is 6.40. The number of rotatable bonds is 2. The van der Waals surface area contributed by atoms with Crippen LogP contribution in [0.4, 0.5) is 5.69 Å². The van der Waals surface area contributed by atoms with Gasteiger partial charge in [0.05, 0.1) is 36.6 Å². The Labute approximate surface area is 117 Å². The number of hydrogen-bond acceptors (Lipinski definition) is 4. The highest BCUT2D eigenvalue weighted by Gasteiger charge is 2.35. The summed E-state index contributed by atoms with van der Waals surface area (Å²) in [6.45, 7) is 1.11. The van der Waals surface area contributed by atoms with Gasteiger partial charge in [-0.25, -0.2) is 0 Å². The van der Waals surface area contributed by atoms with E-state index in [-0.39, 0.29) is 0 Å². The molecule has 0 atom stereocenters. The molecule has 2 aliphatic rings. The lowest BCUT2D eigenvalue weighted by Crippen LogP contribution is -2.43. The summed E-state index contributed by atoms with van der Waals surface area (Å²) >= 11 is 6.36. The van der Waals surface area contributed by atoms with Crippen molar-refractivity contribution < 1.29 is 4.74 Å². The summed E-state index contributed by atoms with van der Waals surface area (Å²) < 4.78 is 5.34. The van der Waals surface area contributed by atoms with Crippen molar-refractivity contribution in [1.82, 2.24) is 5.01 Å². The maximum atomic E-state index is 7.90. The third kappa shape index (κ3) is 1.98. The molecule has 3 rings (SSSR count). The quantitative estimate of drug-likeness (QED) is 0.902. The van der Waals surface area contributed by atoms with E-state index in [1.807, 2.05) is 35.3 Å². The lowest BCUT2D eigenvalue weighted by molar-refractivity contribution is 0.263. The Kier molecular flexibility index (Phi) is 2.95. The van der Waals surface area contributed by atoms with Gasteiger partial charge >= 0.3 is 0 Å². The van der Waals surface area contributed by atoms with Crippen molar-refractivity contribution >= 4 is 23.0 Å². The standard InChI is InChI=1S/C14H14ClN3O/c1-19-13-7-10(16)8-18-14(13)12(15)9-17(18)11-5-3-2-4-6-11/h2-7,16H,8-9H2,1H3. The number of methoxy groups -OCH3 is 1. The number of halogens is 1. The average Bonchev–Trinajstić information content (AvgIpc) is 2.76. The van der Waals surface area contributed by atoms with Crippen LogP contribution in [0.25, 0.3) is 0 Å². The van der Waals surface area contributed by atoms with Gasteiger partial charge in [-0.05, 0) is 12.1 Å². The van der Waals surface area contributed by atoms with Crippen LogP contribution < -0.4 is 5.01 Å². The van der Waals surface area contributed by atoms with Gasteiger partial charge < -0.3 is 10.1 Å². The molecule has 0 saturated carbocycles. The molecular formula is C14H14ClN3O. The first kappa shape index (κ1) is 12.1. The lowest BCUT2D eigenvalue weighted by atomic mass is 10.2. The molecule has 19 heavy (non-hydrogen) atoms. The number of nitrogens with zero attached hydrogens (tertiary/aromatic N) is 2. The minimum Gasteiger partial charge on any atom is -0.494 e. The predicted octanol–water partition coefficient (Wildman–Crippen LogP) is 2.74. The molecule has 2 aliphatic heterocycles. The maximum absolute atomic E-state index is 7.90. The van der Waals surface area contributed by atoms with Crippen LogP contribution in [0, 0.1) is 5.41 Å². The number of hydrazine groups is 1. The summed E-state index contributed by atoms with van der Waals surface area (Å²) in [6.07, 6.45) is 1.72. The number of hydrogen-bond donors (Lipinski definition) is 1. The van der Waals surface area contributed by atoms with Crippen molar-refractivity contribution in [2.45, 2.75) is 0 Å². The molecule has 0 spiro atoms. The van der Waals surface area contributed by atoms with E-state index in [0.29, 0.717) is 24.6 Å². The molecule has 0 aliphatic carbocycles. The third-order valence-corrected chi connectivity index (χ3v) is 3.53. The molecule has 1 N–H and O–H groups in total. The van der Waals surface area contributed by atoms with E-state index in [1.54, 1.807) is 13.2 Å². The Morgan fingerprint density at radius 3 is 2.58 bits per heavy atom. The monoisotopic (exact) mass is 275 g/mol. The highest BCUT2D eigenvalue weighted by atomic mass is 35.5. The van der Waals surface area contributed by atoms with Crippen LogP contribution in [-0.2, 0) is 4.74 Å². The molecule has 0 amide bonds. The molecule has 5 heteroatoms. The van der Waals surface area contributed by atoms with Gasteiger partial charge in [0, 0.05) is 6.08 Å². The summed E-state index contributed by atoms with van der Waals surface area (Å²) in [5.74, 6) is 0.652. The second-order valence-electron chi connectivity index (χ2n) is 4.44.